The Morgan fingerprint density at radius 2 is 1.60 bits per heavy atom. The van der Waals surface area contributed by atoms with Crippen molar-refractivity contribution >= 4 is 23.8 Å². The number of aliphatic carboxylic acids is 2. The molecule has 0 saturated heterocycles. The zero-order valence-corrected chi connectivity index (χ0v) is 12.9. The zero-order chi connectivity index (χ0) is 18.5. The van der Waals surface area contributed by atoms with Crippen LogP contribution in [0.15, 0.2) is 24.3 Å². The minimum absolute atomic E-state index is 0.0254. The summed E-state index contributed by atoms with van der Waals surface area (Å²) in [5.41, 5.74) is 4.43. The second-order valence-electron chi connectivity index (χ2n) is 6.48. The largest absolute Gasteiger partial charge is 0.481 e. The van der Waals surface area contributed by atoms with E-state index in [4.69, 9.17) is 10.8 Å². The Morgan fingerprint density at radius 1 is 1.04 bits per heavy atom. The Kier molecular flexibility index (Phi) is 3.76. The second kappa shape index (κ2) is 5.55. The fourth-order valence-corrected chi connectivity index (χ4v) is 3.85. The number of rotatable bonds is 5. The lowest BCUT2D eigenvalue weighted by molar-refractivity contribution is -0.145. The number of nitrogens with two attached hydrogens (primary N) is 1. The number of carbonyl (C=O) groups is 4. The van der Waals surface area contributed by atoms with Gasteiger partial charge in [0.05, 0.1) is 11.5 Å². The summed E-state index contributed by atoms with van der Waals surface area (Å²) < 4.78 is 0. The van der Waals surface area contributed by atoms with Gasteiger partial charge in [-0.2, -0.15) is 0 Å². The van der Waals surface area contributed by atoms with E-state index in [-0.39, 0.29) is 17.5 Å². The van der Waals surface area contributed by atoms with Gasteiger partial charge in [0.25, 0.3) is 5.91 Å². The highest BCUT2D eigenvalue weighted by Gasteiger charge is 2.74. The number of amides is 1. The summed E-state index contributed by atoms with van der Waals surface area (Å²) in [6, 6.07) is 4.55. The lowest BCUT2D eigenvalue weighted by Gasteiger charge is -2.25. The number of hydrogen-bond acceptors (Lipinski definition) is 5. The van der Waals surface area contributed by atoms with Crippen molar-refractivity contribution in [3.05, 3.63) is 35.4 Å². The summed E-state index contributed by atoms with van der Waals surface area (Å²) in [5.74, 6) is -6.21. The lowest BCUT2D eigenvalue weighted by Crippen LogP contribution is -2.52. The Labute approximate surface area is 141 Å². The van der Waals surface area contributed by atoms with Gasteiger partial charge in [0.2, 0.25) is 0 Å². The maximum atomic E-state index is 12.3. The van der Waals surface area contributed by atoms with Crippen molar-refractivity contribution in [1.29, 1.82) is 0 Å². The third kappa shape index (κ3) is 2.62. The molecular weight excluding hydrogens is 332 g/mol. The highest BCUT2D eigenvalue weighted by atomic mass is 16.4. The normalized spacial score (nSPS) is 32.5. The number of aromatic carboxylic acids is 1. The van der Waals surface area contributed by atoms with E-state index in [2.05, 4.69) is 5.32 Å². The van der Waals surface area contributed by atoms with Crippen LogP contribution < -0.4 is 11.1 Å². The van der Waals surface area contributed by atoms with Crippen molar-refractivity contribution in [3.8, 4) is 0 Å². The number of hydrogen-bond donors (Lipinski definition) is 5. The third-order valence-electron chi connectivity index (χ3n) is 5.09. The molecule has 2 saturated carbocycles. The van der Waals surface area contributed by atoms with Gasteiger partial charge in [0.15, 0.2) is 0 Å². The third-order valence-corrected chi connectivity index (χ3v) is 5.09. The fourth-order valence-electron chi connectivity index (χ4n) is 3.85. The summed E-state index contributed by atoms with van der Waals surface area (Å²) in [5, 5.41) is 30.0. The minimum Gasteiger partial charge on any atom is -0.481 e. The summed E-state index contributed by atoms with van der Waals surface area (Å²) >= 11 is 0. The predicted molar refractivity (Wildman–Crippen MR) is 81.9 cm³/mol. The molecule has 3 rings (SSSR count). The maximum Gasteiger partial charge on any atom is 0.335 e. The van der Waals surface area contributed by atoms with E-state index in [0.29, 0.717) is 0 Å². The van der Waals surface area contributed by atoms with Crippen LogP contribution >= 0.6 is 0 Å². The van der Waals surface area contributed by atoms with Crippen LogP contribution in [0.1, 0.15) is 27.1 Å². The average molecular weight is 348 g/mol. The van der Waals surface area contributed by atoms with Crippen molar-refractivity contribution in [3.63, 3.8) is 0 Å². The first-order chi connectivity index (χ1) is 11.7. The summed E-state index contributed by atoms with van der Waals surface area (Å²) in [6.07, 6.45) is -0.0552. The SMILES string of the molecule is N[C@@]1(C(=O)O)C[C@H](NC(=O)c2ccc(C(=O)O)cc2)[C@H]2[C@H](C(=O)O)[C@H]21. The van der Waals surface area contributed by atoms with E-state index in [1.54, 1.807) is 0 Å². The summed E-state index contributed by atoms with van der Waals surface area (Å²) in [4.78, 5) is 45.8. The van der Waals surface area contributed by atoms with Gasteiger partial charge in [-0.25, -0.2) is 4.79 Å². The number of carboxylic acid groups (broad SMARTS) is 3. The van der Waals surface area contributed by atoms with Crippen LogP contribution in [-0.4, -0.2) is 50.7 Å². The minimum atomic E-state index is -1.68. The van der Waals surface area contributed by atoms with Crippen molar-refractivity contribution in [2.24, 2.45) is 23.5 Å². The van der Waals surface area contributed by atoms with Gasteiger partial charge in [-0.1, -0.05) is 0 Å². The molecule has 25 heavy (non-hydrogen) atoms. The van der Waals surface area contributed by atoms with Crippen LogP contribution in [-0.2, 0) is 9.59 Å². The lowest BCUT2D eigenvalue weighted by atomic mass is 9.90. The molecule has 0 aliphatic heterocycles. The van der Waals surface area contributed by atoms with Crippen molar-refractivity contribution in [2.75, 3.05) is 0 Å². The molecule has 9 nitrogen and oxygen atoms in total. The topological polar surface area (TPSA) is 167 Å². The Balaban J connectivity index is 1.76. The molecule has 0 radical (unpaired) electrons. The molecule has 0 bridgehead atoms. The number of fused-ring (bicyclic) bond motifs is 1. The summed E-state index contributed by atoms with van der Waals surface area (Å²) in [6.45, 7) is 0. The molecular formula is C16H16N2O7. The number of nitrogens with one attached hydrogen (secondary N) is 1. The van der Waals surface area contributed by atoms with E-state index < -0.39 is 53.1 Å². The average Bonchev–Trinajstić information content (AvgIpc) is 3.24. The molecule has 1 aromatic rings. The Bertz CT molecular complexity index is 775. The summed E-state index contributed by atoms with van der Waals surface area (Å²) in [7, 11) is 0. The molecule has 2 aliphatic carbocycles. The van der Waals surface area contributed by atoms with Crippen molar-refractivity contribution < 1.29 is 34.5 Å². The molecule has 0 unspecified atom stereocenters. The van der Waals surface area contributed by atoms with E-state index in [1.807, 2.05) is 0 Å². The monoisotopic (exact) mass is 348 g/mol. The van der Waals surface area contributed by atoms with Gasteiger partial charge in [-0.05, 0) is 36.6 Å². The number of carboxylic acids is 3. The smallest absolute Gasteiger partial charge is 0.335 e. The van der Waals surface area contributed by atoms with Crippen LogP contribution in [0.5, 0.6) is 0 Å². The highest BCUT2D eigenvalue weighted by molar-refractivity contribution is 5.96. The standard InChI is InChI=1S/C16H16N2O7/c17-16(15(24)25)5-8(9-10(11(9)16)14(22)23)18-12(19)6-1-3-7(4-2-6)13(20)21/h1-4,8-11H,5,17H2,(H,18,19)(H,20,21)(H,22,23)(H,24,25)/t8-,9-,10-,11-,16-/m0/s1. The molecule has 2 aliphatic rings. The van der Waals surface area contributed by atoms with Crippen LogP contribution in [0.25, 0.3) is 0 Å². The maximum absolute atomic E-state index is 12.3. The van der Waals surface area contributed by atoms with Crippen molar-refractivity contribution in [2.45, 2.75) is 18.0 Å². The van der Waals surface area contributed by atoms with E-state index in [9.17, 15) is 29.4 Å². The number of benzene rings is 1. The van der Waals surface area contributed by atoms with E-state index >= 15 is 0 Å². The first-order valence-corrected chi connectivity index (χ1v) is 7.56. The molecule has 9 heteroatoms. The zero-order valence-electron chi connectivity index (χ0n) is 12.9. The first-order valence-electron chi connectivity index (χ1n) is 7.56. The van der Waals surface area contributed by atoms with E-state index in [1.165, 1.54) is 24.3 Å². The molecule has 132 valence electrons. The Hall–Kier alpha value is -2.94. The Morgan fingerprint density at radius 3 is 2.08 bits per heavy atom. The number of carbonyl (C=O) groups excluding carboxylic acids is 1. The quantitative estimate of drug-likeness (QED) is 0.480. The second-order valence-corrected chi connectivity index (χ2v) is 6.48. The molecule has 0 heterocycles. The van der Waals surface area contributed by atoms with Crippen LogP contribution in [0.3, 0.4) is 0 Å². The highest BCUT2D eigenvalue weighted by Crippen LogP contribution is 2.61. The molecule has 0 spiro atoms. The van der Waals surface area contributed by atoms with E-state index in [0.717, 1.165) is 0 Å². The fraction of sp³-hybridized carbons (Fsp3) is 0.375. The van der Waals surface area contributed by atoms with Crippen LogP contribution in [0.2, 0.25) is 0 Å². The molecule has 1 aromatic carbocycles. The molecule has 5 atom stereocenters. The van der Waals surface area contributed by atoms with Gasteiger partial charge in [-0.3, -0.25) is 14.4 Å². The molecule has 2 fully saturated rings. The van der Waals surface area contributed by atoms with Gasteiger partial charge in [0, 0.05) is 17.5 Å². The first kappa shape index (κ1) is 16.9. The predicted octanol–water partition coefficient (Wildman–Crippen LogP) is -0.384. The van der Waals surface area contributed by atoms with Gasteiger partial charge in [-0.15, -0.1) is 0 Å². The van der Waals surface area contributed by atoms with Crippen LogP contribution in [0.4, 0.5) is 0 Å². The van der Waals surface area contributed by atoms with Gasteiger partial charge >= 0.3 is 17.9 Å². The van der Waals surface area contributed by atoms with Gasteiger partial charge < -0.3 is 26.4 Å². The molecule has 6 N–H and O–H groups in total. The molecule has 0 aromatic heterocycles. The van der Waals surface area contributed by atoms with Crippen LogP contribution in [0, 0.1) is 17.8 Å². The molecule has 1 amide bonds. The van der Waals surface area contributed by atoms with Crippen molar-refractivity contribution in [1.82, 2.24) is 5.32 Å². The van der Waals surface area contributed by atoms with Gasteiger partial charge in [0.1, 0.15) is 5.54 Å².